The fourth-order valence-corrected chi connectivity index (χ4v) is 6.66. The van der Waals surface area contributed by atoms with Crippen molar-refractivity contribution in [2.45, 2.75) is 174 Å². The van der Waals surface area contributed by atoms with Crippen molar-refractivity contribution in [2.75, 3.05) is 26.4 Å². The van der Waals surface area contributed by atoms with Gasteiger partial charge in [0.15, 0.2) is 11.9 Å². The van der Waals surface area contributed by atoms with Gasteiger partial charge in [-0.3, -0.25) is 28.0 Å². The number of rotatable bonds is 40. The Hall–Kier alpha value is -2.25. The Morgan fingerprint density at radius 3 is 1.81 bits per heavy atom. The van der Waals surface area contributed by atoms with E-state index in [2.05, 4.69) is 29.8 Å². The molecule has 342 valence electrons. The van der Waals surface area contributed by atoms with E-state index in [0.29, 0.717) is 25.7 Å². The van der Waals surface area contributed by atoms with Gasteiger partial charge in [-0.15, -0.1) is 0 Å². The zero-order valence-electron chi connectivity index (χ0n) is 36.0. The number of allylic oxidation sites excluding steroid dienone is 8. The van der Waals surface area contributed by atoms with Crippen LogP contribution in [0.5, 0.6) is 0 Å². The smallest absolute Gasteiger partial charge is 0.462 e. The highest BCUT2D eigenvalue weighted by atomic mass is 31.2. The molecule has 0 aliphatic rings. The minimum absolute atomic E-state index is 0.0928. The highest BCUT2D eigenvalue weighted by molar-refractivity contribution is 7.47. The number of aliphatic hydroxyl groups is 1. The van der Waals surface area contributed by atoms with Crippen LogP contribution in [-0.2, 0) is 46.6 Å². The molecule has 0 amide bonds. The largest absolute Gasteiger partial charge is 0.472 e. The van der Waals surface area contributed by atoms with Gasteiger partial charge in [-0.2, -0.15) is 0 Å². The fourth-order valence-electron chi connectivity index (χ4n) is 5.51. The number of phosphoric acid groups is 2. The Morgan fingerprint density at radius 1 is 0.610 bits per heavy atom. The van der Waals surface area contributed by atoms with Crippen molar-refractivity contribution in [3.63, 3.8) is 0 Å². The molecule has 4 atom stereocenters. The first-order valence-corrected chi connectivity index (χ1v) is 24.7. The monoisotopic (exact) mass is 878 g/mol. The second kappa shape index (κ2) is 37.5. The van der Waals surface area contributed by atoms with Crippen LogP contribution >= 0.6 is 15.6 Å². The van der Waals surface area contributed by atoms with Crippen molar-refractivity contribution in [2.24, 2.45) is 5.92 Å². The molecule has 0 saturated carbocycles. The Kier molecular flexibility index (Phi) is 36.1. The minimum Gasteiger partial charge on any atom is -0.462 e. The summed E-state index contributed by atoms with van der Waals surface area (Å²) in [4.78, 5) is 64.3. The highest BCUT2D eigenvalue weighted by Crippen LogP contribution is 2.43. The number of hydrogen-bond donors (Lipinski definition) is 4. The summed E-state index contributed by atoms with van der Waals surface area (Å²) in [5.41, 5.74) is 0. The molecule has 0 aliphatic carbocycles. The molecule has 0 saturated heterocycles. The summed E-state index contributed by atoms with van der Waals surface area (Å²) >= 11 is 0. The molecule has 0 heterocycles. The summed E-state index contributed by atoms with van der Waals surface area (Å²) in [6, 6.07) is 0. The molecular formula is C43H76O14P2. The van der Waals surface area contributed by atoms with Gasteiger partial charge >= 0.3 is 27.6 Å². The van der Waals surface area contributed by atoms with Crippen LogP contribution in [0.25, 0.3) is 0 Å². The summed E-state index contributed by atoms with van der Waals surface area (Å²) in [5, 5.41) is 9.74. The summed E-state index contributed by atoms with van der Waals surface area (Å²) in [6.45, 7) is 3.84. The van der Waals surface area contributed by atoms with Crippen molar-refractivity contribution in [3.8, 4) is 0 Å². The third-order valence-corrected chi connectivity index (χ3v) is 10.7. The third kappa shape index (κ3) is 40.9. The maximum Gasteiger partial charge on any atom is 0.472 e. The van der Waals surface area contributed by atoms with Gasteiger partial charge < -0.3 is 29.3 Å². The molecule has 14 nitrogen and oxygen atoms in total. The second-order valence-corrected chi connectivity index (χ2v) is 17.6. The quantitative estimate of drug-likeness (QED) is 0.0113. The number of hydrogen-bond acceptors (Lipinski definition) is 11. The number of phosphoric ester groups is 2. The molecule has 0 spiro atoms. The molecule has 0 bridgehead atoms. The van der Waals surface area contributed by atoms with E-state index >= 15 is 0 Å². The average molecular weight is 879 g/mol. The van der Waals surface area contributed by atoms with Gasteiger partial charge in [-0.25, -0.2) is 9.13 Å². The first kappa shape index (κ1) is 56.8. The maximum absolute atomic E-state index is 12.6. The molecule has 16 heteroatoms. The normalized spacial score (nSPS) is 15.0. The van der Waals surface area contributed by atoms with E-state index in [1.807, 2.05) is 36.5 Å². The van der Waals surface area contributed by atoms with Gasteiger partial charge in [0, 0.05) is 19.3 Å². The number of carbonyl (C=O) groups is 3. The zero-order valence-corrected chi connectivity index (χ0v) is 37.8. The lowest BCUT2D eigenvalue weighted by Crippen LogP contribution is -2.30. The predicted octanol–water partition coefficient (Wildman–Crippen LogP) is 10.1. The molecule has 2 unspecified atom stereocenters. The number of esters is 2. The summed E-state index contributed by atoms with van der Waals surface area (Å²) in [6.07, 6.45) is 32.4. The van der Waals surface area contributed by atoms with Gasteiger partial charge in [-0.05, 0) is 50.5 Å². The number of unbranched alkanes of at least 4 members (excludes halogenated alkanes) is 12. The number of ketones is 1. The van der Waals surface area contributed by atoms with E-state index in [1.54, 1.807) is 12.2 Å². The van der Waals surface area contributed by atoms with Crippen molar-refractivity contribution in [3.05, 3.63) is 48.6 Å². The SMILES string of the molecule is CCCCCC(=O)/C=C/C=C\C/C=C\C/C=C\CCCC(=O)OC[C@H](COP(=O)(O)OC[C@@H](O)COP(=O)(O)O)OC(=O)CCCCCCCCCCCCC(C)CC. The van der Waals surface area contributed by atoms with Crippen molar-refractivity contribution < 1.29 is 66.3 Å². The minimum atomic E-state index is -4.87. The van der Waals surface area contributed by atoms with Crippen LogP contribution < -0.4 is 0 Å². The van der Waals surface area contributed by atoms with Crippen molar-refractivity contribution in [1.82, 2.24) is 0 Å². The van der Waals surface area contributed by atoms with Crippen LogP contribution in [-0.4, -0.2) is 76.1 Å². The molecule has 4 N–H and O–H groups in total. The van der Waals surface area contributed by atoms with Crippen LogP contribution in [0.15, 0.2) is 48.6 Å². The first-order chi connectivity index (χ1) is 28.2. The lowest BCUT2D eigenvalue weighted by Gasteiger charge is -2.20. The van der Waals surface area contributed by atoms with Crippen molar-refractivity contribution >= 4 is 33.4 Å². The zero-order chi connectivity index (χ0) is 44.0. The van der Waals surface area contributed by atoms with Crippen LogP contribution in [0.3, 0.4) is 0 Å². The maximum atomic E-state index is 12.6. The molecule has 0 aromatic carbocycles. The van der Waals surface area contributed by atoms with Crippen LogP contribution in [0.1, 0.15) is 162 Å². The van der Waals surface area contributed by atoms with Gasteiger partial charge in [0.05, 0.1) is 19.8 Å². The standard InChI is InChI=1S/C43H76O14P2/c1-4-6-24-30-39(44)31-26-21-17-13-8-7-9-14-18-22-27-32-42(46)53-36-41(37-56-59(51,52)55-35-40(45)34-54-58(48,49)50)57-43(47)33-28-23-19-15-11-10-12-16-20-25-29-38(3)5-2/h7-8,14,17-18,21,26,31,38,40-41,45H,4-6,9-13,15-16,19-20,22-25,27-30,32-37H2,1-3H3,(H,51,52)(H2,48,49,50)/b8-7-,18-14-,21-17-,31-26+/t38?,40-,41+/m0/s1. The predicted molar refractivity (Wildman–Crippen MR) is 230 cm³/mol. The molecule has 0 fully saturated rings. The molecule has 59 heavy (non-hydrogen) atoms. The Labute approximate surface area is 354 Å². The molecule has 0 radical (unpaired) electrons. The number of aliphatic hydroxyl groups excluding tert-OH is 1. The van der Waals surface area contributed by atoms with E-state index in [-0.39, 0.29) is 18.6 Å². The second-order valence-electron chi connectivity index (χ2n) is 14.9. The van der Waals surface area contributed by atoms with E-state index in [4.69, 9.17) is 23.8 Å². The fraction of sp³-hybridized carbons (Fsp3) is 0.744. The van der Waals surface area contributed by atoms with E-state index in [0.717, 1.165) is 63.7 Å². The van der Waals surface area contributed by atoms with Crippen LogP contribution in [0, 0.1) is 5.92 Å². The Balaban J connectivity index is 4.66. The Bertz CT molecular complexity index is 1310. The number of ether oxygens (including phenoxy) is 2. The number of carbonyl (C=O) groups excluding carboxylic acids is 3. The van der Waals surface area contributed by atoms with Crippen molar-refractivity contribution in [1.29, 1.82) is 0 Å². The molecule has 0 aliphatic heterocycles. The first-order valence-electron chi connectivity index (χ1n) is 21.7. The highest BCUT2D eigenvalue weighted by Gasteiger charge is 2.28. The van der Waals surface area contributed by atoms with Gasteiger partial charge in [-0.1, -0.05) is 147 Å². The topological polar surface area (TPSA) is 212 Å². The summed E-state index contributed by atoms with van der Waals surface area (Å²) < 4.78 is 47.7. The average Bonchev–Trinajstić information content (AvgIpc) is 3.19. The summed E-state index contributed by atoms with van der Waals surface area (Å²) in [5.74, 6) is -0.175. The summed E-state index contributed by atoms with van der Waals surface area (Å²) in [7, 11) is -9.70. The van der Waals surface area contributed by atoms with Gasteiger partial charge in [0.25, 0.3) is 0 Å². The van der Waals surface area contributed by atoms with Gasteiger partial charge in [0.2, 0.25) is 0 Å². The van der Waals surface area contributed by atoms with Crippen LogP contribution in [0.4, 0.5) is 0 Å². The van der Waals surface area contributed by atoms with E-state index in [9.17, 15) is 33.5 Å². The molecule has 0 aromatic rings. The third-order valence-electron chi connectivity index (χ3n) is 9.23. The molecule has 0 rings (SSSR count). The van der Waals surface area contributed by atoms with E-state index in [1.165, 1.54) is 44.9 Å². The van der Waals surface area contributed by atoms with E-state index < -0.39 is 66.2 Å². The molecule has 0 aromatic heterocycles. The lowest BCUT2D eigenvalue weighted by molar-refractivity contribution is -0.161. The van der Waals surface area contributed by atoms with Crippen LogP contribution in [0.2, 0.25) is 0 Å². The van der Waals surface area contributed by atoms with Gasteiger partial charge in [0.1, 0.15) is 12.7 Å². The lowest BCUT2D eigenvalue weighted by atomic mass is 9.99. The molecular weight excluding hydrogens is 802 g/mol. The Morgan fingerprint density at radius 2 is 1.17 bits per heavy atom.